The molecular formula is C11H12N2O6. The Morgan fingerprint density at radius 3 is 2.21 bits per heavy atom. The lowest BCUT2D eigenvalue weighted by Gasteiger charge is -2.20. The molecular weight excluding hydrogens is 256 g/mol. The number of rotatable bonds is 6. The minimum atomic E-state index is -1.27. The average molecular weight is 268 g/mol. The van der Waals surface area contributed by atoms with Gasteiger partial charge in [-0.3, -0.25) is 19.7 Å². The van der Waals surface area contributed by atoms with Crippen LogP contribution in [0.5, 0.6) is 0 Å². The molecule has 0 spiro atoms. The minimum Gasteiger partial charge on any atom is -0.480 e. The summed E-state index contributed by atoms with van der Waals surface area (Å²) < 4.78 is 0. The van der Waals surface area contributed by atoms with Crippen LogP contribution in [-0.2, 0) is 9.59 Å². The molecule has 0 aliphatic carbocycles. The Morgan fingerprint density at radius 1 is 1.26 bits per heavy atom. The number of carboxylic acid groups (broad SMARTS) is 2. The van der Waals surface area contributed by atoms with E-state index in [0.717, 1.165) is 4.90 Å². The minimum absolute atomic E-state index is 0.0274. The van der Waals surface area contributed by atoms with Gasteiger partial charge in [-0.25, -0.2) is 0 Å². The molecule has 19 heavy (non-hydrogen) atoms. The number of hydrogen-bond donors (Lipinski definition) is 2. The maximum absolute atomic E-state index is 10.9. The number of nitro groups is 1. The van der Waals surface area contributed by atoms with Gasteiger partial charge >= 0.3 is 11.9 Å². The third kappa shape index (κ3) is 3.95. The van der Waals surface area contributed by atoms with E-state index in [-0.39, 0.29) is 11.4 Å². The summed E-state index contributed by atoms with van der Waals surface area (Å²) in [5, 5.41) is 28.4. The van der Waals surface area contributed by atoms with Gasteiger partial charge in [-0.15, -0.1) is 0 Å². The number of aryl methyl sites for hydroxylation is 1. The van der Waals surface area contributed by atoms with Crippen molar-refractivity contribution in [1.29, 1.82) is 0 Å². The molecule has 0 bridgehead atoms. The smallest absolute Gasteiger partial charge is 0.323 e. The Bertz CT molecular complexity index is 512. The normalized spacial score (nSPS) is 9.95. The average Bonchev–Trinajstić information content (AvgIpc) is 2.26. The van der Waals surface area contributed by atoms with Crippen molar-refractivity contribution in [1.82, 2.24) is 0 Å². The van der Waals surface area contributed by atoms with E-state index in [2.05, 4.69) is 0 Å². The number of aliphatic carboxylic acids is 2. The second-order valence-corrected chi connectivity index (χ2v) is 3.89. The van der Waals surface area contributed by atoms with Gasteiger partial charge in [0, 0.05) is 6.07 Å². The third-order valence-corrected chi connectivity index (χ3v) is 2.32. The van der Waals surface area contributed by atoms with Crippen molar-refractivity contribution in [3.05, 3.63) is 33.9 Å². The van der Waals surface area contributed by atoms with Crippen LogP contribution in [0.25, 0.3) is 0 Å². The summed E-state index contributed by atoms with van der Waals surface area (Å²) in [5.74, 6) is -2.53. The van der Waals surface area contributed by atoms with Crippen LogP contribution in [0, 0.1) is 17.0 Å². The zero-order valence-corrected chi connectivity index (χ0v) is 10.1. The van der Waals surface area contributed by atoms with E-state index in [1.165, 1.54) is 12.1 Å². The van der Waals surface area contributed by atoms with Gasteiger partial charge in [0.2, 0.25) is 0 Å². The molecule has 0 aliphatic heterocycles. The van der Waals surface area contributed by atoms with Crippen LogP contribution in [0.15, 0.2) is 18.2 Å². The lowest BCUT2D eigenvalue weighted by molar-refractivity contribution is -0.384. The SMILES string of the molecule is Cc1ccc(N(CC(=O)O)CC(=O)O)c([N+](=O)[O-])c1. The van der Waals surface area contributed by atoms with Crippen molar-refractivity contribution >= 4 is 23.3 Å². The van der Waals surface area contributed by atoms with Crippen LogP contribution in [0.3, 0.4) is 0 Å². The quantitative estimate of drug-likeness (QED) is 0.580. The second-order valence-electron chi connectivity index (χ2n) is 3.89. The van der Waals surface area contributed by atoms with Crippen LogP contribution in [-0.4, -0.2) is 40.2 Å². The van der Waals surface area contributed by atoms with Crippen molar-refractivity contribution in [2.45, 2.75) is 6.92 Å². The van der Waals surface area contributed by atoms with E-state index in [1.807, 2.05) is 0 Å². The number of carboxylic acids is 2. The Kier molecular flexibility index (Phi) is 4.41. The fourth-order valence-electron chi connectivity index (χ4n) is 1.60. The van der Waals surface area contributed by atoms with Crippen LogP contribution >= 0.6 is 0 Å². The van der Waals surface area contributed by atoms with Gasteiger partial charge in [0.05, 0.1) is 4.92 Å². The second kappa shape index (κ2) is 5.80. The molecule has 1 aromatic carbocycles. The first-order valence-corrected chi connectivity index (χ1v) is 5.25. The molecule has 0 unspecified atom stereocenters. The zero-order valence-electron chi connectivity index (χ0n) is 10.1. The molecule has 0 saturated carbocycles. The highest BCUT2D eigenvalue weighted by Gasteiger charge is 2.23. The van der Waals surface area contributed by atoms with Crippen molar-refractivity contribution in [3.63, 3.8) is 0 Å². The summed E-state index contributed by atoms with van der Waals surface area (Å²) in [4.78, 5) is 32.6. The van der Waals surface area contributed by atoms with Gasteiger partial charge in [0.1, 0.15) is 18.8 Å². The number of nitro benzene ring substituents is 1. The van der Waals surface area contributed by atoms with Crippen LogP contribution < -0.4 is 4.90 Å². The highest BCUT2D eigenvalue weighted by atomic mass is 16.6. The van der Waals surface area contributed by atoms with Gasteiger partial charge in [-0.2, -0.15) is 0 Å². The fraction of sp³-hybridized carbons (Fsp3) is 0.273. The third-order valence-electron chi connectivity index (χ3n) is 2.32. The van der Waals surface area contributed by atoms with Crippen LogP contribution in [0.4, 0.5) is 11.4 Å². The maximum Gasteiger partial charge on any atom is 0.323 e. The van der Waals surface area contributed by atoms with Gasteiger partial charge < -0.3 is 15.1 Å². The van der Waals surface area contributed by atoms with E-state index < -0.39 is 30.0 Å². The predicted molar refractivity (Wildman–Crippen MR) is 65.3 cm³/mol. The van der Waals surface area contributed by atoms with E-state index in [4.69, 9.17) is 10.2 Å². The summed E-state index contributed by atoms with van der Waals surface area (Å²) in [6.07, 6.45) is 0. The fourth-order valence-corrected chi connectivity index (χ4v) is 1.60. The van der Waals surface area contributed by atoms with E-state index in [0.29, 0.717) is 5.56 Å². The molecule has 0 fully saturated rings. The number of carbonyl (C=O) groups is 2. The zero-order chi connectivity index (χ0) is 14.6. The standard InChI is InChI=1S/C11H12N2O6/c1-7-2-3-8(9(4-7)13(18)19)12(5-10(14)15)6-11(16)17/h2-4H,5-6H2,1H3,(H,14,15)(H,16,17). The first-order chi connectivity index (χ1) is 8.81. The number of anilines is 1. The van der Waals surface area contributed by atoms with E-state index >= 15 is 0 Å². The molecule has 8 heteroatoms. The maximum atomic E-state index is 10.9. The topological polar surface area (TPSA) is 121 Å². The molecule has 0 radical (unpaired) electrons. The van der Waals surface area contributed by atoms with Crippen LogP contribution in [0.1, 0.15) is 5.56 Å². The number of benzene rings is 1. The summed E-state index contributed by atoms with van der Waals surface area (Å²) in [5.41, 5.74) is 0.281. The van der Waals surface area contributed by atoms with E-state index in [1.54, 1.807) is 13.0 Å². The van der Waals surface area contributed by atoms with Gasteiger partial charge in [-0.1, -0.05) is 6.07 Å². The molecule has 1 rings (SSSR count). The molecule has 8 nitrogen and oxygen atoms in total. The molecule has 0 aliphatic rings. The molecule has 0 heterocycles. The van der Waals surface area contributed by atoms with Crippen molar-refractivity contribution < 1.29 is 24.7 Å². The summed E-state index contributed by atoms with van der Waals surface area (Å²) in [6.45, 7) is 0.391. The Balaban J connectivity index is 3.24. The first kappa shape index (κ1) is 14.4. The molecule has 102 valence electrons. The number of hydrogen-bond acceptors (Lipinski definition) is 5. The largest absolute Gasteiger partial charge is 0.480 e. The molecule has 0 amide bonds. The van der Waals surface area contributed by atoms with Crippen LogP contribution in [0.2, 0.25) is 0 Å². The van der Waals surface area contributed by atoms with Crippen molar-refractivity contribution in [2.75, 3.05) is 18.0 Å². The van der Waals surface area contributed by atoms with Crippen molar-refractivity contribution in [2.24, 2.45) is 0 Å². The predicted octanol–water partition coefficient (Wildman–Crippen LogP) is 0.879. The number of nitrogens with zero attached hydrogens (tertiary/aromatic N) is 2. The van der Waals surface area contributed by atoms with E-state index in [9.17, 15) is 19.7 Å². The van der Waals surface area contributed by atoms with Crippen molar-refractivity contribution in [3.8, 4) is 0 Å². The highest BCUT2D eigenvalue weighted by Crippen LogP contribution is 2.28. The highest BCUT2D eigenvalue weighted by molar-refractivity contribution is 5.81. The summed E-state index contributed by atoms with van der Waals surface area (Å²) in [6, 6.07) is 4.17. The Morgan fingerprint density at radius 2 is 1.79 bits per heavy atom. The van der Waals surface area contributed by atoms with Gasteiger partial charge in [0.25, 0.3) is 5.69 Å². The summed E-state index contributed by atoms with van der Waals surface area (Å²) >= 11 is 0. The molecule has 1 aromatic rings. The first-order valence-electron chi connectivity index (χ1n) is 5.25. The lowest BCUT2D eigenvalue weighted by Crippen LogP contribution is -2.34. The molecule has 2 N–H and O–H groups in total. The van der Waals surface area contributed by atoms with Gasteiger partial charge in [-0.05, 0) is 18.6 Å². The lowest BCUT2D eigenvalue weighted by atomic mass is 10.1. The Hall–Kier alpha value is -2.64. The summed E-state index contributed by atoms with van der Waals surface area (Å²) in [7, 11) is 0. The Labute approximate surface area is 108 Å². The monoisotopic (exact) mass is 268 g/mol. The molecule has 0 aromatic heterocycles. The van der Waals surface area contributed by atoms with Gasteiger partial charge in [0.15, 0.2) is 0 Å². The molecule has 0 saturated heterocycles. The molecule has 0 atom stereocenters.